The number of carbonyl (C=O) groups excluding carboxylic acids is 1. The third-order valence-electron chi connectivity index (χ3n) is 4.35. The molecule has 0 unspecified atom stereocenters. The highest BCUT2D eigenvalue weighted by Gasteiger charge is 2.31. The predicted octanol–water partition coefficient (Wildman–Crippen LogP) is 2.85. The fourth-order valence-electron chi connectivity index (χ4n) is 2.97. The van der Waals surface area contributed by atoms with Gasteiger partial charge in [0.15, 0.2) is 0 Å². The normalized spacial score (nSPS) is 19.9. The maximum atomic E-state index is 12.0. The molecule has 120 valence electrons. The van der Waals surface area contributed by atoms with Gasteiger partial charge in [0.25, 0.3) is 0 Å². The van der Waals surface area contributed by atoms with E-state index in [0.29, 0.717) is 29.8 Å². The van der Waals surface area contributed by atoms with Gasteiger partial charge < -0.3 is 15.0 Å². The van der Waals surface area contributed by atoms with E-state index in [2.05, 4.69) is 10.2 Å². The summed E-state index contributed by atoms with van der Waals surface area (Å²) in [4.78, 5) is 14.5. The van der Waals surface area contributed by atoms with Crippen molar-refractivity contribution in [2.75, 3.05) is 19.7 Å². The minimum absolute atomic E-state index is 0.0758. The summed E-state index contributed by atoms with van der Waals surface area (Å²) in [6.07, 6.45) is 5.24. The highest BCUT2D eigenvalue weighted by atomic mass is 35.5. The summed E-state index contributed by atoms with van der Waals surface area (Å²) in [5, 5.41) is 3.77. The number of hydrogen-bond acceptors (Lipinski definition) is 3. The fraction of sp³-hybridized carbons (Fsp3) is 0.588. The number of ether oxygens (including phenoxy) is 1. The molecule has 1 saturated carbocycles. The van der Waals surface area contributed by atoms with Crippen LogP contribution in [0.5, 0.6) is 5.75 Å². The van der Waals surface area contributed by atoms with Crippen LogP contribution in [0.1, 0.15) is 32.1 Å². The maximum Gasteiger partial charge on any atom is 0.223 e. The van der Waals surface area contributed by atoms with Crippen LogP contribution >= 0.6 is 11.6 Å². The largest absolute Gasteiger partial charge is 0.493 e. The number of rotatable bonds is 6. The average molecular weight is 323 g/mol. The zero-order chi connectivity index (χ0) is 15.4. The lowest BCUT2D eigenvalue weighted by molar-refractivity contribution is -0.122. The van der Waals surface area contributed by atoms with Gasteiger partial charge in [-0.3, -0.25) is 4.79 Å². The summed E-state index contributed by atoms with van der Waals surface area (Å²) in [6.45, 7) is 2.62. The van der Waals surface area contributed by atoms with Gasteiger partial charge in [-0.25, -0.2) is 0 Å². The molecule has 2 aliphatic rings. The third-order valence-corrected chi connectivity index (χ3v) is 4.59. The van der Waals surface area contributed by atoms with Gasteiger partial charge in [0.2, 0.25) is 5.91 Å². The second kappa shape index (κ2) is 7.34. The molecule has 5 heteroatoms. The second-order valence-corrected chi connectivity index (χ2v) is 6.60. The van der Waals surface area contributed by atoms with E-state index in [9.17, 15) is 4.79 Å². The Morgan fingerprint density at radius 3 is 2.73 bits per heavy atom. The molecule has 0 atom stereocenters. The van der Waals surface area contributed by atoms with Crippen LogP contribution in [-0.2, 0) is 4.79 Å². The number of amides is 1. The van der Waals surface area contributed by atoms with Gasteiger partial charge >= 0.3 is 0 Å². The third kappa shape index (κ3) is 4.62. The lowest BCUT2D eigenvalue weighted by Gasteiger charge is -2.32. The number of hydrogen-bond donors (Lipinski definition) is 1. The topological polar surface area (TPSA) is 41.6 Å². The van der Waals surface area contributed by atoms with Crippen molar-refractivity contribution in [3.05, 3.63) is 29.3 Å². The number of benzene rings is 1. The maximum absolute atomic E-state index is 12.0. The van der Waals surface area contributed by atoms with Crippen molar-refractivity contribution in [2.45, 2.75) is 44.2 Å². The lowest BCUT2D eigenvalue weighted by Crippen LogP contribution is -2.45. The number of nitrogens with one attached hydrogen (secondary N) is 1. The molecule has 1 N–H and O–H groups in total. The van der Waals surface area contributed by atoms with Crippen molar-refractivity contribution < 1.29 is 9.53 Å². The Morgan fingerprint density at radius 2 is 2.05 bits per heavy atom. The molecule has 3 rings (SSSR count). The molecule has 0 radical (unpaired) electrons. The molecule has 1 saturated heterocycles. The predicted molar refractivity (Wildman–Crippen MR) is 87.3 cm³/mol. The molecular formula is C17H23ClN2O2. The molecular weight excluding hydrogens is 300 g/mol. The second-order valence-electron chi connectivity index (χ2n) is 6.16. The Labute approximate surface area is 136 Å². The first-order chi connectivity index (χ1) is 10.7. The van der Waals surface area contributed by atoms with Crippen molar-refractivity contribution in [3.8, 4) is 5.75 Å². The first-order valence-electron chi connectivity index (χ1n) is 8.12. The van der Waals surface area contributed by atoms with Crippen LogP contribution in [0.2, 0.25) is 5.02 Å². The minimum atomic E-state index is 0.0758. The minimum Gasteiger partial charge on any atom is -0.493 e. The van der Waals surface area contributed by atoms with E-state index in [1.165, 1.54) is 12.8 Å². The summed E-state index contributed by atoms with van der Waals surface area (Å²) in [5.74, 6) is 0.782. The molecule has 0 spiro atoms. The molecule has 0 aromatic heterocycles. The van der Waals surface area contributed by atoms with Gasteiger partial charge in [0, 0.05) is 30.2 Å². The smallest absolute Gasteiger partial charge is 0.223 e. The van der Waals surface area contributed by atoms with E-state index in [1.807, 2.05) is 12.1 Å². The highest BCUT2D eigenvalue weighted by Crippen LogP contribution is 2.29. The monoisotopic (exact) mass is 322 g/mol. The van der Waals surface area contributed by atoms with Crippen LogP contribution in [-0.4, -0.2) is 42.6 Å². The molecule has 1 aromatic carbocycles. The zero-order valence-electron chi connectivity index (χ0n) is 12.8. The van der Waals surface area contributed by atoms with Crippen LogP contribution in [0, 0.1) is 0 Å². The van der Waals surface area contributed by atoms with Gasteiger partial charge in [-0.1, -0.05) is 17.7 Å². The molecule has 1 aromatic rings. The van der Waals surface area contributed by atoms with Crippen molar-refractivity contribution in [3.63, 3.8) is 0 Å². The first-order valence-corrected chi connectivity index (χ1v) is 8.50. The quantitative estimate of drug-likeness (QED) is 0.875. The summed E-state index contributed by atoms with van der Waals surface area (Å²) in [7, 11) is 0. The Morgan fingerprint density at radius 1 is 1.27 bits per heavy atom. The van der Waals surface area contributed by atoms with Crippen LogP contribution in [0.15, 0.2) is 24.3 Å². The Bertz CT molecular complexity index is 511. The van der Waals surface area contributed by atoms with Crippen LogP contribution in [0.3, 0.4) is 0 Å². The van der Waals surface area contributed by atoms with Crippen LogP contribution < -0.4 is 10.1 Å². The van der Waals surface area contributed by atoms with Gasteiger partial charge in [-0.15, -0.1) is 0 Å². The molecule has 1 aliphatic heterocycles. The summed E-state index contributed by atoms with van der Waals surface area (Å²) in [6, 6.07) is 8.40. The summed E-state index contributed by atoms with van der Waals surface area (Å²) < 4.78 is 5.55. The van der Waals surface area contributed by atoms with Gasteiger partial charge in [-0.2, -0.15) is 0 Å². The Hall–Kier alpha value is -1.26. The van der Waals surface area contributed by atoms with Gasteiger partial charge in [0.1, 0.15) is 5.75 Å². The Kier molecular flexibility index (Phi) is 5.21. The molecule has 1 amide bonds. The van der Waals surface area contributed by atoms with Crippen molar-refractivity contribution in [1.29, 1.82) is 0 Å². The average Bonchev–Trinajstić information content (AvgIpc) is 3.33. The molecule has 1 heterocycles. The molecule has 4 nitrogen and oxygen atoms in total. The zero-order valence-corrected chi connectivity index (χ0v) is 13.5. The number of carbonyl (C=O) groups is 1. The van der Waals surface area contributed by atoms with Crippen molar-refractivity contribution in [2.24, 2.45) is 0 Å². The number of piperidine rings is 1. The first kappa shape index (κ1) is 15.6. The van der Waals surface area contributed by atoms with E-state index in [0.717, 1.165) is 32.0 Å². The van der Waals surface area contributed by atoms with E-state index >= 15 is 0 Å². The molecule has 2 fully saturated rings. The lowest BCUT2D eigenvalue weighted by atomic mass is 10.0. The Balaban J connectivity index is 1.32. The number of halogens is 1. The van der Waals surface area contributed by atoms with Crippen LogP contribution in [0.25, 0.3) is 0 Å². The fourth-order valence-corrected chi connectivity index (χ4v) is 3.15. The number of nitrogens with zero attached hydrogens (tertiary/aromatic N) is 1. The van der Waals surface area contributed by atoms with E-state index < -0.39 is 0 Å². The van der Waals surface area contributed by atoms with E-state index in [4.69, 9.17) is 16.3 Å². The van der Waals surface area contributed by atoms with Crippen molar-refractivity contribution in [1.82, 2.24) is 10.2 Å². The van der Waals surface area contributed by atoms with Gasteiger partial charge in [0.05, 0.1) is 13.0 Å². The molecule has 22 heavy (non-hydrogen) atoms. The highest BCUT2D eigenvalue weighted by molar-refractivity contribution is 6.30. The van der Waals surface area contributed by atoms with Crippen LogP contribution in [0.4, 0.5) is 0 Å². The van der Waals surface area contributed by atoms with Gasteiger partial charge in [-0.05, 0) is 43.9 Å². The van der Waals surface area contributed by atoms with E-state index in [1.54, 1.807) is 12.1 Å². The SMILES string of the molecule is O=C(CCOc1cccc(Cl)c1)NC1CCN(C2CC2)CC1. The number of likely N-dealkylation sites (tertiary alicyclic amines) is 1. The summed E-state index contributed by atoms with van der Waals surface area (Å²) in [5.41, 5.74) is 0. The van der Waals surface area contributed by atoms with E-state index in [-0.39, 0.29) is 5.91 Å². The van der Waals surface area contributed by atoms with Crippen molar-refractivity contribution >= 4 is 17.5 Å². The molecule has 1 aliphatic carbocycles. The molecule has 0 bridgehead atoms. The summed E-state index contributed by atoms with van der Waals surface area (Å²) >= 11 is 5.89. The standard InChI is InChI=1S/C17H23ClN2O2/c18-13-2-1-3-16(12-13)22-11-8-17(21)19-14-6-9-20(10-7-14)15-4-5-15/h1-3,12,14-15H,4-11H2,(H,19,21).